The number of carbonyl (C=O) groups excluding carboxylic acids is 2. The molecule has 1 fully saturated rings. The highest BCUT2D eigenvalue weighted by molar-refractivity contribution is 6.11. The quantitative estimate of drug-likeness (QED) is 0.839. The highest BCUT2D eigenvalue weighted by Crippen LogP contribution is 2.45. The van der Waals surface area contributed by atoms with Gasteiger partial charge in [-0.15, -0.1) is 0 Å². The summed E-state index contributed by atoms with van der Waals surface area (Å²) in [5.74, 6) is 0.194. The van der Waals surface area contributed by atoms with Crippen LogP contribution in [0.4, 0.5) is 0 Å². The number of likely N-dealkylation sites (N-methyl/N-ethyl adjacent to an activating group) is 1. The smallest absolute Gasteiger partial charge is 0.289 e. The predicted octanol–water partition coefficient (Wildman–Crippen LogP) is 3.17. The van der Waals surface area contributed by atoms with Gasteiger partial charge in [0, 0.05) is 7.05 Å². The summed E-state index contributed by atoms with van der Waals surface area (Å²) >= 11 is 0. The summed E-state index contributed by atoms with van der Waals surface area (Å²) in [6.07, 6.45) is 4.75. The number of fused-ring (bicyclic) bond motifs is 1. The molecule has 0 aromatic heterocycles. The van der Waals surface area contributed by atoms with Crippen molar-refractivity contribution in [1.29, 1.82) is 0 Å². The van der Waals surface area contributed by atoms with Crippen molar-refractivity contribution in [3.63, 3.8) is 0 Å². The Kier molecular flexibility index (Phi) is 3.70. The summed E-state index contributed by atoms with van der Waals surface area (Å²) in [5.41, 5.74) is 2.81. The van der Waals surface area contributed by atoms with E-state index in [0.29, 0.717) is 11.3 Å². The number of ether oxygens (including phenoxy) is 1. The number of rotatable bonds is 2. The van der Waals surface area contributed by atoms with Crippen LogP contribution in [-0.2, 0) is 20.7 Å². The lowest BCUT2D eigenvalue weighted by molar-refractivity contribution is -0.134. The number of hydrogen-bond acceptors (Lipinski definition) is 3. The molecule has 4 nitrogen and oxygen atoms in total. The van der Waals surface area contributed by atoms with Crippen LogP contribution in [0.3, 0.4) is 0 Å². The maximum Gasteiger partial charge on any atom is 0.289 e. The zero-order valence-electron chi connectivity index (χ0n) is 14.2. The molecule has 2 aliphatic heterocycles. The first-order valence-electron chi connectivity index (χ1n) is 8.92. The first-order valence-corrected chi connectivity index (χ1v) is 8.92. The molecule has 2 heterocycles. The summed E-state index contributed by atoms with van der Waals surface area (Å²) in [6.45, 7) is 2.11. The molecule has 24 heavy (non-hydrogen) atoms. The number of hydrogen-bond donors (Lipinski definition) is 0. The Morgan fingerprint density at radius 2 is 1.83 bits per heavy atom. The van der Waals surface area contributed by atoms with Gasteiger partial charge in [-0.3, -0.25) is 9.59 Å². The second-order valence-corrected chi connectivity index (χ2v) is 7.07. The van der Waals surface area contributed by atoms with Crippen molar-refractivity contribution in [1.82, 2.24) is 4.90 Å². The van der Waals surface area contributed by atoms with Gasteiger partial charge in [0.25, 0.3) is 5.91 Å². The van der Waals surface area contributed by atoms with Gasteiger partial charge in [0.05, 0.1) is 17.5 Å². The number of amides is 1. The van der Waals surface area contributed by atoms with Crippen LogP contribution in [0.2, 0.25) is 0 Å². The van der Waals surface area contributed by atoms with E-state index < -0.39 is 0 Å². The van der Waals surface area contributed by atoms with Gasteiger partial charge >= 0.3 is 0 Å². The maximum atomic E-state index is 13.1. The molecule has 0 saturated heterocycles. The summed E-state index contributed by atoms with van der Waals surface area (Å²) in [6, 6.07) is 7.90. The molecule has 1 amide bonds. The minimum absolute atomic E-state index is 0.0748. The molecule has 1 aliphatic carbocycles. The Morgan fingerprint density at radius 1 is 1.12 bits per heavy atom. The second kappa shape index (κ2) is 5.76. The summed E-state index contributed by atoms with van der Waals surface area (Å²) in [5, 5.41) is 0. The van der Waals surface area contributed by atoms with Crippen molar-refractivity contribution in [2.45, 2.75) is 51.2 Å². The molecule has 4 rings (SSSR count). The summed E-state index contributed by atoms with van der Waals surface area (Å²) in [7, 11) is 1.76. The molecule has 3 atom stereocenters. The first kappa shape index (κ1) is 15.4. The number of nitrogens with zero attached hydrogens (tertiary/aromatic N) is 1. The standard InChI is InChI=1S/C20H23NO3/c1-3-12-8-10-13(11-9-12)17-16-18(22)14-6-4-5-7-15(14)24-19(16)20(23)21(17)2/h8-11,14-15,17H,3-7H2,1-2H3. The lowest BCUT2D eigenvalue weighted by Gasteiger charge is -2.35. The van der Waals surface area contributed by atoms with Gasteiger partial charge in [0.15, 0.2) is 11.5 Å². The highest BCUT2D eigenvalue weighted by atomic mass is 16.5. The average Bonchev–Trinajstić information content (AvgIpc) is 2.87. The third kappa shape index (κ3) is 2.20. The van der Waals surface area contributed by atoms with Gasteiger partial charge < -0.3 is 9.64 Å². The van der Waals surface area contributed by atoms with Gasteiger partial charge in [-0.05, 0) is 36.8 Å². The van der Waals surface area contributed by atoms with E-state index in [9.17, 15) is 9.59 Å². The van der Waals surface area contributed by atoms with E-state index in [1.54, 1.807) is 11.9 Å². The van der Waals surface area contributed by atoms with Gasteiger partial charge in [-0.1, -0.05) is 37.6 Å². The molecule has 0 radical (unpaired) electrons. The topological polar surface area (TPSA) is 46.6 Å². The molecular weight excluding hydrogens is 302 g/mol. The van der Waals surface area contributed by atoms with E-state index >= 15 is 0 Å². The van der Waals surface area contributed by atoms with E-state index in [-0.39, 0.29) is 29.8 Å². The number of Topliss-reactive ketones (excluding diaryl/α,β-unsaturated/α-hetero) is 1. The molecule has 1 saturated carbocycles. The van der Waals surface area contributed by atoms with Crippen molar-refractivity contribution >= 4 is 11.7 Å². The van der Waals surface area contributed by atoms with E-state index in [2.05, 4.69) is 19.1 Å². The van der Waals surface area contributed by atoms with E-state index in [4.69, 9.17) is 4.74 Å². The van der Waals surface area contributed by atoms with Crippen LogP contribution >= 0.6 is 0 Å². The van der Waals surface area contributed by atoms with Crippen molar-refractivity contribution in [2.24, 2.45) is 5.92 Å². The van der Waals surface area contributed by atoms with Gasteiger partial charge in [-0.2, -0.15) is 0 Å². The molecule has 3 unspecified atom stereocenters. The Morgan fingerprint density at radius 3 is 2.54 bits per heavy atom. The lowest BCUT2D eigenvalue weighted by atomic mass is 9.77. The van der Waals surface area contributed by atoms with E-state index in [1.807, 2.05) is 12.1 Å². The van der Waals surface area contributed by atoms with Crippen LogP contribution in [0.5, 0.6) is 0 Å². The zero-order chi connectivity index (χ0) is 16.8. The van der Waals surface area contributed by atoms with E-state index in [0.717, 1.165) is 37.7 Å². The van der Waals surface area contributed by atoms with Gasteiger partial charge in [0.2, 0.25) is 0 Å². The van der Waals surface area contributed by atoms with Crippen LogP contribution in [-0.4, -0.2) is 29.7 Å². The Balaban J connectivity index is 1.75. The maximum absolute atomic E-state index is 13.1. The normalized spacial score (nSPS) is 29.4. The monoisotopic (exact) mass is 325 g/mol. The fourth-order valence-corrected chi connectivity index (χ4v) is 4.29. The number of carbonyl (C=O) groups is 2. The zero-order valence-corrected chi connectivity index (χ0v) is 14.2. The van der Waals surface area contributed by atoms with Crippen LogP contribution in [0.15, 0.2) is 35.6 Å². The molecule has 126 valence electrons. The average molecular weight is 325 g/mol. The van der Waals surface area contributed by atoms with Crippen molar-refractivity contribution in [3.8, 4) is 0 Å². The summed E-state index contributed by atoms with van der Waals surface area (Å²) < 4.78 is 6.03. The minimum Gasteiger partial charge on any atom is -0.483 e. The third-order valence-corrected chi connectivity index (χ3v) is 5.70. The Labute approximate surface area is 142 Å². The summed E-state index contributed by atoms with van der Waals surface area (Å²) in [4.78, 5) is 27.4. The largest absolute Gasteiger partial charge is 0.483 e. The molecule has 4 heteroatoms. The molecule has 0 bridgehead atoms. The van der Waals surface area contributed by atoms with E-state index in [1.165, 1.54) is 5.56 Å². The lowest BCUT2D eigenvalue weighted by Crippen LogP contribution is -2.39. The van der Waals surface area contributed by atoms with Crippen molar-refractivity contribution in [3.05, 3.63) is 46.7 Å². The fourth-order valence-electron chi connectivity index (χ4n) is 4.29. The molecular formula is C20H23NO3. The second-order valence-electron chi connectivity index (χ2n) is 7.07. The number of aryl methyl sites for hydroxylation is 1. The molecule has 0 spiro atoms. The molecule has 0 N–H and O–H groups in total. The predicted molar refractivity (Wildman–Crippen MR) is 90.2 cm³/mol. The molecule has 1 aromatic rings. The minimum atomic E-state index is -0.311. The van der Waals surface area contributed by atoms with Gasteiger partial charge in [0.1, 0.15) is 6.10 Å². The van der Waals surface area contributed by atoms with Crippen LogP contribution in [0.1, 0.15) is 49.8 Å². The van der Waals surface area contributed by atoms with Crippen molar-refractivity contribution in [2.75, 3.05) is 7.05 Å². The number of ketones is 1. The third-order valence-electron chi connectivity index (χ3n) is 5.70. The van der Waals surface area contributed by atoms with Crippen molar-refractivity contribution < 1.29 is 14.3 Å². The fraction of sp³-hybridized carbons (Fsp3) is 0.500. The first-order chi connectivity index (χ1) is 11.6. The number of benzene rings is 1. The molecule has 1 aromatic carbocycles. The van der Waals surface area contributed by atoms with Crippen LogP contribution in [0, 0.1) is 5.92 Å². The van der Waals surface area contributed by atoms with Crippen LogP contribution in [0.25, 0.3) is 0 Å². The Bertz CT molecular complexity index is 719. The Hall–Kier alpha value is -2.10. The van der Waals surface area contributed by atoms with Crippen LogP contribution < -0.4 is 0 Å². The highest BCUT2D eigenvalue weighted by Gasteiger charge is 2.50. The van der Waals surface area contributed by atoms with Gasteiger partial charge in [-0.25, -0.2) is 0 Å². The molecule has 3 aliphatic rings. The SMILES string of the molecule is CCc1ccc(C2C3=C(OC4CCCCC4C3=O)C(=O)N2C)cc1.